The highest BCUT2D eigenvalue weighted by atomic mass is 32.1. The molecule has 1 heterocycles. The van der Waals surface area contributed by atoms with Crippen molar-refractivity contribution in [3.05, 3.63) is 21.4 Å². The lowest BCUT2D eigenvalue weighted by Gasteiger charge is -2.22. The minimum absolute atomic E-state index is 0.166. The van der Waals surface area contributed by atoms with E-state index in [2.05, 4.69) is 18.3 Å². The van der Waals surface area contributed by atoms with Gasteiger partial charge in [0.15, 0.2) is 0 Å². The lowest BCUT2D eigenvalue weighted by Crippen LogP contribution is -2.35. The lowest BCUT2D eigenvalue weighted by molar-refractivity contribution is 0.0932. The number of carbonyl (C=O) groups excluding carboxylic acids is 1. The highest BCUT2D eigenvalue weighted by molar-refractivity contribution is 7.14. The molecular formula is C16H23NOS. The van der Waals surface area contributed by atoms with E-state index >= 15 is 0 Å². The third kappa shape index (κ3) is 3.02. The first-order valence-electron chi connectivity index (χ1n) is 7.65. The normalized spacial score (nSPS) is 23.9. The molecule has 0 aliphatic heterocycles. The Bertz CT molecular complexity index is 459. The fourth-order valence-corrected chi connectivity index (χ4v) is 4.43. The largest absolute Gasteiger partial charge is 0.349 e. The Balaban J connectivity index is 1.66. The Labute approximate surface area is 119 Å². The van der Waals surface area contributed by atoms with E-state index < -0.39 is 0 Å². The molecule has 104 valence electrons. The molecule has 0 saturated heterocycles. The van der Waals surface area contributed by atoms with Crippen LogP contribution in [0.1, 0.15) is 65.6 Å². The van der Waals surface area contributed by atoms with E-state index in [9.17, 15) is 4.79 Å². The van der Waals surface area contributed by atoms with Gasteiger partial charge in [-0.25, -0.2) is 0 Å². The van der Waals surface area contributed by atoms with Gasteiger partial charge in [-0.05, 0) is 49.7 Å². The van der Waals surface area contributed by atoms with E-state index in [0.29, 0.717) is 6.04 Å². The van der Waals surface area contributed by atoms with Gasteiger partial charge < -0.3 is 5.32 Å². The Hall–Kier alpha value is -0.830. The summed E-state index contributed by atoms with van der Waals surface area (Å²) in [5.41, 5.74) is 1.43. The summed E-state index contributed by atoms with van der Waals surface area (Å²) >= 11 is 1.72. The predicted molar refractivity (Wildman–Crippen MR) is 79.8 cm³/mol. The van der Waals surface area contributed by atoms with E-state index in [0.717, 1.165) is 36.5 Å². The van der Waals surface area contributed by atoms with Gasteiger partial charge in [0.05, 0.1) is 4.88 Å². The van der Waals surface area contributed by atoms with E-state index in [1.54, 1.807) is 11.3 Å². The minimum Gasteiger partial charge on any atom is -0.349 e. The molecule has 1 fully saturated rings. The van der Waals surface area contributed by atoms with Crippen LogP contribution in [-0.4, -0.2) is 11.9 Å². The van der Waals surface area contributed by atoms with Crippen LogP contribution < -0.4 is 5.32 Å². The van der Waals surface area contributed by atoms with E-state index in [4.69, 9.17) is 0 Å². The maximum atomic E-state index is 12.3. The second-order valence-electron chi connectivity index (χ2n) is 6.22. The number of fused-ring (bicyclic) bond motifs is 1. The maximum absolute atomic E-state index is 12.3. The smallest absolute Gasteiger partial charge is 0.261 e. The lowest BCUT2D eigenvalue weighted by atomic mass is 9.90. The number of nitrogens with one attached hydrogen (secondary N) is 1. The van der Waals surface area contributed by atoms with Crippen molar-refractivity contribution in [3.8, 4) is 0 Å². The summed E-state index contributed by atoms with van der Waals surface area (Å²) in [6, 6.07) is 2.56. The summed E-state index contributed by atoms with van der Waals surface area (Å²) in [5.74, 6) is 0.940. The third-order valence-electron chi connectivity index (χ3n) is 4.49. The molecule has 0 unspecified atom stereocenters. The van der Waals surface area contributed by atoms with Crippen molar-refractivity contribution >= 4 is 17.2 Å². The molecule has 1 atom stereocenters. The molecule has 1 aromatic rings. The molecular weight excluding hydrogens is 254 g/mol. The van der Waals surface area contributed by atoms with Gasteiger partial charge in [-0.2, -0.15) is 0 Å². The first-order valence-corrected chi connectivity index (χ1v) is 8.46. The molecule has 0 spiro atoms. The van der Waals surface area contributed by atoms with Crippen LogP contribution in [0.3, 0.4) is 0 Å². The van der Waals surface area contributed by atoms with Crippen LogP contribution in [0.15, 0.2) is 6.07 Å². The van der Waals surface area contributed by atoms with Crippen molar-refractivity contribution in [2.75, 3.05) is 0 Å². The molecule has 0 aromatic carbocycles. The summed E-state index contributed by atoms with van der Waals surface area (Å²) in [7, 11) is 0. The molecule has 3 heteroatoms. The van der Waals surface area contributed by atoms with Gasteiger partial charge in [0.2, 0.25) is 0 Å². The molecule has 0 bridgehead atoms. The topological polar surface area (TPSA) is 29.1 Å². The first-order chi connectivity index (χ1) is 9.22. The number of amides is 1. The Morgan fingerprint density at radius 1 is 1.26 bits per heavy atom. The Kier molecular flexibility index (Phi) is 3.92. The van der Waals surface area contributed by atoms with E-state index in [-0.39, 0.29) is 5.91 Å². The zero-order valence-corrected chi connectivity index (χ0v) is 12.5. The van der Waals surface area contributed by atoms with E-state index in [1.807, 2.05) is 0 Å². The molecule has 0 radical (unpaired) electrons. The number of aryl methyl sites for hydroxylation is 1. The number of hydrogen-bond donors (Lipinski definition) is 1. The molecule has 1 aromatic heterocycles. The van der Waals surface area contributed by atoms with E-state index in [1.165, 1.54) is 36.1 Å². The molecule has 2 aliphatic rings. The SMILES string of the molecule is C[C@@H]1CCc2sc(C(=O)NC3CCCCC3)cc2C1. The number of thiophene rings is 1. The zero-order chi connectivity index (χ0) is 13.2. The Morgan fingerprint density at radius 2 is 2.05 bits per heavy atom. The molecule has 1 saturated carbocycles. The average Bonchev–Trinajstić information content (AvgIpc) is 2.83. The van der Waals surface area contributed by atoms with Gasteiger partial charge in [-0.15, -0.1) is 11.3 Å². The van der Waals surface area contributed by atoms with Crippen LogP contribution in [0, 0.1) is 5.92 Å². The molecule has 19 heavy (non-hydrogen) atoms. The highest BCUT2D eigenvalue weighted by Crippen LogP contribution is 2.32. The van der Waals surface area contributed by atoms with Crippen LogP contribution in [0.4, 0.5) is 0 Å². The monoisotopic (exact) mass is 277 g/mol. The van der Waals surface area contributed by atoms with Crippen LogP contribution >= 0.6 is 11.3 Å². The minimum atomic E-state index is 0.166. The van der Waals surface area contributed by atoms with Gasteiger partial charge in [0.1, 0.15) is 0 Å². The van der Waals surface area contributed by atoms with Crippen LogP contribution in [0.25, 0.3) is 0 Å². The molecule has 2 aliphatic carbocycles. The second kappa shape index (κ2) is 5.66. The van der Waals surface area contributed by atoms with Crippen molar-refractivity contribution < 1.29 is 4.79 Å². The number of rotatable bonds is 2. The number of carbonyl (C=O) groups is 1. The summed E-state index contributed by atoms with van der Waals surface area (Å²) < 4.78 is 0. The summed E-state index contributed by atoms with van der Waals surface area (Å²) in [6.45, 7) is 2.31. The molecule has 3 rings (SSSR count). The molecule has 1 amide bonds. The molecule has 1 N–H and O–H groups in total. The first kappa shape index (κ1) is 13.2. The van der Waals surface area contributed by atoms with Crippen molar-refractivity contribution in [1.29, 1.82) is 0 Å². The highest BCUT2D eigenvalue weighted by Gasteiger charge is 2.22. The fraction of sp³-hybridized carbons (Fsp3) is 0.688. The quantitative estimate of drug-likeness (QED) is 0.871. The average molecular weight is 277 g/mol. The summed E-state index contributed by atoms with van der Waals surface area (Å²) in [5, 5.41) is 3.23. The predicted octanol–water partition coefficient (Wildman–Crippen LogP) is 3.94. The summed E-state index contributed by atoms with van der Waals surface area (Å²) in [4.78, 5) is 14.7. The third-order valence-corrected chi connectivity index (χ3v) is 5.73. The van der Waals surface area contributed by atoms with Crippen molar-refractivity contribution in [3.63, 3.8) is 0 Å². The van der Waals surface area contributed by atoms with Crippen molar-refractivity contribution in [2.24, 2.45) is 5.92 Å². The zero-order valence-electron chi connectivity index (χ0n) is 11.7. The standard InChI is InChI=1S/C16H23NOS/c1-11-7-8-14-12(9-11)10-15(19-14)16(18)17-13-5-3-2-4-6-13/h10-11,13H,2-9H2,1H3,(H,17,18)/t11-/m1/s1. The summed E-state index contributed by atoms with van der Waals surface area (Å²) in [6.07, 6.45) is 9.78. The maximum Gasteiger partial charge on any atom is 0.261 e. The van der Waals surface area contributed by atoms with Crippen LogP contribution in [0.5, 0.6) is 0 Å². The fourth-order valence-electron chi connectivity index (χ4n) is 3.32. The molecule has 2 nitrogen and oxygen atoms in total. The van der Waals surface area contributed by atoms with Gasteiger partial charge in [-0.1, -0.05) is 26.2 Å². The second-order valence-corrected chi connectivity index (χ2v) is 7.35. The van der Waals surface area contributed by atoms with Gasteiger partial charge in [0.25, 0.3) is 5.91 Å². The van der Waals surface area contributed by atoms with Gasteiger partial charge in [-0.3, -0.25) is 4.79 Å². The van der Waals surface area contributed by atoms with Gasteiger partial charge in [0, 0.05) is 10.9 Å². The Morgan fingerprint density at radius 3 is 2.84 bits per heavy atom. The van der Waals surface area contributed by atoms with Crippen LogP contribution in [0.2, 0.25) is 0 Å². The number of hydrogen-bond acceptors (Lipinski definition) is 2. The van der Waals surface area contributed by atoms with Gasteiger partial charge >= 0.3 is 0 Å². The van der Waals surface area contributed by atoms with Crippen LogP contribution in [-0.2, 0) is 12.8 Å². The van der Waals surface area contributed by atoms with Crippen molar-refractivity contribution in [2.45, 2.75) is 64.3 Å². The van der Waals surface area contributed by atoms with Crippen molar-refractivity contribution in [1.82, 2.24) is 5.32 Å².